The Morgan fingerprint density at radius 3 is 2.57 bits per heavy atom. The molecule has 1 heterocycles. The van der Waals surface area contributed by atoms with Gasteiger partial charge in [-0.25, -0.2) is 0 Å². The van der Waals surface area contributed by atoms with Gasteiger partial charge in [0.2, 0.25) is 5.91 Å². The van der Waals surface area contributed by atoms with Crippen LogP contribution in [-0.2, 0) is 4.79 Å². The molecule has 0 radical (unpaired) electrons. The van der Waals surface area contributed by atoms with Gasteiger partial charge in [-0.05, 0) is 39.0 Å². The molecule has 2 aromatic rings. The highest BCUT2D eigenvalue weighted by Crippen LogP contribution is 2.20. The van der Waals surface area contributed by atoms with E-state index in [-0.39, 0.29) is 17.9 Å². The number of H-pyrrole nitrogens is 1. The minimum atomic E-state index is -0.598. The van der Waals surface area contributed by atoms with Crippen molar-refractivity contribution in [1.29, 1.82) is 0 Å². The Bertz CT molecular complexity index is 675. The van der Waals surface area contributed by atoms with E-state index in [0.717, 1.165) is 10.9 Å². The van der Waals surface area contributed by atoms with Crippen LogP contribution in [0.15, 0.2) is 24.4 Å². The standard InChI is InChI=1S/C15H20N4O2/c1-8(2)18-14(20)9(3)19-15(21)12-7-17-13-6-10(16)4-5-11(12)13/h4-9,17H,16H2,1-3H3,(H,18,20)(H,19,21). The zero-order chi connectivity index (χ0) is 15.6. The fourth-order valence-electron chi connectivity index (χ4n) is 2.08. The van der Waals surface area contributed by atoms with Crippen LogP contribution >= 0.6 is 0 Å². The molecule has 2 rings (SSSR count). The molecule has 21 heavy (non-hydrogen) atoms. The molecular weight excluding hydrogens is 268 g/mol. The number of carbonyl (C=O) groups is 2. The molecule has 0 saturated carbocycles. The molecule has 0 saturated heterocycles. The van der Waals surface area contributed by atoms with Gasteiger partial charge in [-0.15, -0.1) is 0 Å². The molecule has 112 valence electrons. The monoisotopic (exact) mass is 288 g/mol. The Hall–Kier alpha value is -2.50. The van der Waals surface area contributed by atoms with Gasteiger partial charge >= 0.3 is 0 Å². The number of aromatic nitrogens is 1. The average molecular weight is 288 g/mol. The Labute approximate surface area is 123 Å². The molecule has 0 aliphatic carbocycles. The lowest BCUT2D eigenvalue weighted by atomic mass is 10.1. The van der Waals surface area contributed by atoms with E-state index < -0.39 is 6.04 Å². The number of nitrogens with two attached hydrogens (primary N) is 1. The Kier molecular flexibility index (Phi) is 4.16. The van der Waals surface area contributed by atoms with E-state index in [0.29, 0.717) is 11.3 Å². The van der Waals surface area contributed by atoms with Crippen LogP contribution in [0, 0.1) is 0 Å². The third kappa shape index (κ3) is 3.34. The van der Waals surface area contributed by atoms with Gasteiger partial charge in [-0.2, -0.15) is 0 Å². The van der Waals surface area contributed by atoms with Crippen LogP contribution in [-0.4, -0.2) is 28.9 Å². The molecule has 0 aliphatic rings. The number of fused-ring (bicyclic) bond motifs is 1. The summed E-state index contributed by atoms with van der Waals surface area (Å²) in [5.41, 5.74) is 7.61. The summed E-state index contributed by atoms with van der Waals surface area (Å²) in [7, 11) is 0. The summed E-state index contributed by atoms with van der Waals surface area (Å²) >= 11 is 0. The molecular formula is C15H20N4O2. The second-order valence-electron chi connectivity index (χ2n) is 5.37. The predicted octanol–water partition coefficient (Wildman–Crippen LogP) is 1.39. The zero-order valence-electron chi connectivity index (χ0n) is 12.4. The van der Waals surface area contributed by atoms with Crippen LogP contribution in [0.4, 0.5) is 5.69 Å². The predicted molar refractivity (Wildman–Crippen MR) is 82.9 cm³/mol. The molecule has 0 fully saturated rings. The van der Waals surface area contributed by atoms with Gasteiger partial charge in [0.05, 0.1) is 5.56 Å². The maximum atomic E-state index is 12.3. The van der Waals surface area contributed by atoms with Crippen LogP contribution < -0.4 is 16.4 Å². The van der Waals surface area contributed by atoms with E-state index in [9.17, 15) is 9.59 Å². The van der Waals surface area contributed by atoms with E-state index in [1.807, 2.05) is 13.8 Å². The van der Waals surface area contributed by atoms with Crippen LogP contribution in [0.5, 0.6) is 0 Å². The molecule has 0 aliphatic heterocycles. The zero-order valence-corrected chi connectivity index (χ0v) is 12.4. The lowest BCUT2D eigenvalue weighted by molar-refractivity contribution is -0.123. The van der Waals surface area contributed by atoms with Crippen molar-refractivity contribution >= 4 is 28.4 Å². The van der Waals surface area contributed by atoms with Crippen LogP contribution in [0.1, 0.15) is 31.1 Å². The molecule has 6 nitrogen and oxygen atoms in total. The number of nitrogen functional groups attached to an aromatic ring is 1. The first kappa shape index (κ1) is 14.9. The number of nitrogens with one attached hydrogen (secondary N) is 3. The highest BCUT2D eigenvalue weighted by molar-refractivity contribution is 6.08. The number of carbonyl (C=O) groups excluding carboxylic acids is 2. The highest BCUT2D eigenvalue weighted by Gasteiger charge is 2.19. The van der Waals surface area contributed by atoms with Crippen molar-refractivity contribution in [3.8, 4) is 0 Å². The summed E-state index contributed by atoms with van der Waals surface area (Å²) in [5.74, 6) is -0.500. The number of hydrogen-bond donors (Lipinski definition) is 4. The SMILES string of the molecule is CC(C)NC(=O)C(C)NC(=O)c1c[nH]c2cc(N)ccc12. The minimum Gasteiger partial charge on any atom is -0.399 e. The topological polar surface area (TPSA) is 100 Å². The summed E-state index contributed by atoms with van der Waals surface area (Å²) in [5, 5.41) is 6.23. The molecule has 1 unspecified atom stereocenters. The van der Waals surface area contributed by atoms with Gasteiger partial charge in [0.1, 0.15) is 6.04 Å². The summed E-state index contributed by atoms with van der Waals surface area (Å²) in [4.78, 5) is 27.1. The number of aromatic amines is 1. The van der Waals surface area contributed by atoms with E-state index >= 15 is 0 Å². The maximum absolute atomic E-state index is 12.3. The summed E-state index contributed by atoms with van der Waals surface area (Å²) in [6.07, 6.45) is 1.62. The maximum Gasteiger partial charge on any atom is 0.254 e. The highest BCUT2D eigenvalue weighted by atomic mass is 16.2. The molecule has 1 aromatic heterocycles. The molecule has 0 spiro atoms. The first-order valence-corrected chi connectivity index (χ1v) is 6.86. The Morgan fingerprint density at radius 2 is 1.90 bits per heavy atom. The Balaban J connectivity index is 2.14. The molecule has 1 atom stereocenters. The van der Waals surface area contributed by atoms with Crippen molar-refractivity contribution in [3.05, 3.63) is 30.0 Å². The minimum absolute atomic E-state index is 0.0351. The van der Waals surface area contributed by atoms with E-state index in [1.165, 1.54) is 0 Å². The third-order valence-corrected chi connectivity index (χ3v) is 3.12. The molecule has 6 heteroatoms. The number of amides is 2. The summed E-state index contributed by atoms with van der Waals surface area (Å²) < 4.78 is 0. The summed E-state index contributed by atoms with van der Waals surface area (Å²) in [6, 6.07) is 4.73. The van der Waals surface area contributed by atoms with Gasteiger partial charge in [0.25, 0.3) is 5.91 Å². The second-order valence-corrected chi connectivity index (χ2v) is 5.37. The smallest absolute Gasteiger partial charge is 0.254 e. The number of hydrogen-bond acceptors (Lipinski definition) is 3. The first-order valence-electron chi connectivity index (χ1n) is 6.86. The molecule has 0 bridgehead atoms. The fraction of sp³-hybridized carbons (Fsp3) is 0.333. The van der Waals surface area contributed by atoms with Gasteiger partial charge < -0.3 is 21.4 Å². The first-order chi connectivity index (χ1) is 9.88. The second kappa shape index (κ2) is 5.87. The molecule has 2 amide bonds. The lowest BCUT2D eigenvalue weighted by Crippen LogP contribution is -2.46. The Morgan fingerprint density at radius 1 is 1.19 bits per heavy atom. The number of rotatable bonds is 4. The van der Waals surface area contributed by atoms with E-state index in [4.69, 9.17) is 5.73 Å². The van der Waals surface area contributed by atoms with Gasteiger partial charge in [0.15, 0.2) is 0 Å². The van der Waals surface area contributed by atoms with Crippen LogP contribution in [0.3, 0.4) is 0 Å². The normalized spacial score (nSPS) is 12.4. The fourth-order valence-corrected chi connectivity index (χ4v) is 2.08. The van der Waals surface area contributed by atoms with Crippen LogP contribution in [0.25, 0.3) is 10.9 Å². The molecule has 5 N–H and O–H groups in total. The number of benzene rings is 1. The van der Waals surface area contributed by atoms with Crippen molar-refractivity contribution < 1.29 is 9.59 Å². The van der Waals surface area contributed by atoms with Crippen molar-refractivity contribution in [2.24, 2.45) is 0 Å². The van der Waals surface area contributed by atoms with E-state index in [1.54, 1.807) is 31.3 Å². The van der Waals surface area contributed by atoms with Gasteiger partial charge in [0, 0.05) is 28.8 Å². The van der Waals surface area contributed by atoms with Crippen molar-refractivity contribution in [1.82, 2.24) is 15.6 Å². The van der Waals surface area contributed by atoms with Gasteiger partial charge in [-0.1, -0.05) is 0 Å². The largest absolute Gasteiger partial charge is 0.399 e. The third-order valence-electron chi connectivity index (χ3n) is 3.12. The van der Waals surface area contributed by atoms with Gasteiger partial charge in [-0.3, -0.25) is 9.59 Å². The molecule has 1 aromatic carbocycles. The van der Waals surface area contributed by atoms with Crippen molar-refractivity contribution in [3.63, 3.8) is 0 Å². The number of anilines is 1. The lowest BCUT2D eigenvalue weighted by Gasteiger charge is -2.15. The van der Waals surface area contributed by atoms with Crippen molar-refractivity contribution in [2.45, 2.75) is 32.9 Å². The van der Waals surface area contributed by atoms with Crippen molar-refractivity contribution in [2.75, 3.05) is 5.73 Å². The quantitative estimate of drug-likeness (QED) is 0.640. The van der Waals surface area contributed by atoms with Crippen LogP contribution in [0.2, 0.25) is 0 Å². The van der Waals surface area contributed by atoms with E-state index in [2.05, 4.69) is 15.6 Å². The summed E-state index contributed by atoms with van der Waals surface area (Å²) in [6.45, 7) is 5.40. The average Bonchev–Trinajstić information content (AvgIpc) is 2.80.